The minimum atomic E-state index is -0.345. The molecule has 2 aromatic carbocycles. The van der Waals surface area contributed by atoms with Gasteiger partial charge in [-0.3, -0.25) is 4.79 Å². The van der Waals surface area contributed by atoms with Crippen molar-refractivity contribution in [1.29, 1.82) is 0 Å². The molecule has 0 aliphatic rings. The van der Waals surface area contributed by atoms with Gasteiger partial charge in [-0.15, -0.1) is 0 Å². The number of urea groups is 1. The molecule has 0 heterocycles. The first kappa shape index (κ1) is 21.2. The maximum atomic E-state index is 12.8. The highest BCUT2D eigenvalue weighted by Gasteiger charge is 2.17. The third-order valence-electron chi connectivity index (χ3n) is 4.29. The van der Waals surface area contributed by atoms with E-state index in [1.54, 1.807) is 26.2 Å². The van der Waals surface area contributed by atoms with Crippen molar-refractivity contribution in [2.45, 2.75) is 26.8 Å². The first-order valence-corrected chi connectivity index (χ1v) is 9.17. The Bertz CT molecular complexity index is 823. The zero-order chi connectivity index (χ0) is 20.5. The fourth-order valence-corrected chi connectivity index (χ4v) is 2.69. The fraction of sp³-hybridized carbons (Fsp3) is 0.333. The Labute approximate surface area is 165 Å². The van der Waals surface area contributed by atoms with Gasteiger partial charge in [-0.25, -0.2) is 4.79 Å². The van der Waals surface area contributed by atoms with Crippen molar-refractivity contribution in [2.75, 3.05) is 30.9 Å². The largest absolute Gasteiger partial charge is 0.496 e. The molecule has 0 saturated carbocycles. The standard InChI is InChI=1S/C21H27N3O4/c1-4-20(26)22-17-10-9-15(2)18(13-17)23-21(27)24(11-12-25)14-16-7-5-6-8-19(16)28-3/h5-10,13,25H,4,11-12,14H2,1-3H3,(H,22,26)(H,23,27). The number of amides is 3. The summed E-state index contributed by atoms with van der Waals surface area (Å²) in [6.45, 7) is 3.96. The Balaban J connectivity index is 2.17. The highest BCUT2D eigenvalue weighted by Crippen LogP contribution is 2.23. The van der Waals surface area contributed by atoms with Gasteiger partial charge in [0.25, 0.3) is 0 Å². The highest BCUT2D eigenvalue weighted by molar-refractivity contribution is 5.94. The van der Waals surface area contributed by atoms with Crippen molar-refractivity contribution >= 4 is 23.3 Å². The van der Waals surface area contributed by atoms with Gasteiger partial charge in [-0.1, -0.05) is 31.2 Å². The van der Waals surface area contributed by atoms with Crippen LogP contribution in [0.5, 0.6) is 5.75 Å². The Morgan fingerprint density at radius 1 is 1.14 bits per heavy atom. The molecule has 28 heavy (non-hydrogen) atoms. The molecule has 3 amide bonds. The Hall–Kier alpha value is -3.06. The summed E-state index contributed by atoms with van der Waals surface area (Å²) in [6, 6.07) is 12.4. The summed E-state index contributed by atoms with van der Waals surface area (Å²) in [7, 11) is 1.58. The maximum Gasteiger partial charge on any atom is 0.322 e. The average molecular weight is 385 g/mol. The number of rotatable bonds is 8. The Morgan fingerprint density at radius 3 is 2.57 bits per heavy atom. The number of aryl methyl sites for hydroxylation is 1. The van der Waals surface area contributed by atoms with E-state index < -0.39 is 0 Å². The lowest BCUT2D eigenvalue weighted by Gasteiger charge is -2.24. The number of aliphatic hydroxyl groups is 1. The number of benzene rings is 2. The van der Waals surface area contributed by atoms with E-state index in [0.717, 1.165) is 11.1 Å². The number of nitrogens with one attached hydrogen (secondary N) is 2. The number of methoxy groups -OCH3 is 1. The number of nitrogens with zero attached hydrogens (tertiary/aromatic N) is 1. The Morgan fingerprint density at radius 2 is 1.89 bits per heavy atom. The number of carbonyl (C=O) groups is 2. The Kier molecular flexibility index (Phi) is 7.83. The molecular weight excluding hydrogens is 358 g/mol. The first-order valence-electron chi connectivity index (χ1n) is 9.17. The average Bonchev–Trinajstić information content (AvgIpc) is 2.70. The van der Waals surface area contributed by atoms with Crippen LogP contribution in [0.4, 0.5) is 16.2 Å². The van der Waals surface area contributed by atoms with E-state index in [9.17, 15) is 14.7 Å². The van der Waals surface area contributed by atoms with Gasteiger partial charge in [-0.05, 0) is 30.7 Å². The molecule has 7 nitrogen and oxygen atoms in total. The van der Waals surface area contributed by atoms with Crippen molar-refractivity contribution < 1.29 is 19.4 Å². The van der Waals surface area contributed by atoms with E-state index in [0.29, 0.717) is 30.1 Å². The van der Waals surface area contributed by atoms with Crippen LogP contribution in [0.1, 0.15) is 24.5 Å². The van der Waals surface area contributed by atoms with E-state index in [-0.39, 0.29) is 25.1 Å². The maximum absolute atomic E-state index is 12.8. The minimum absolute atomic E-state index is 0.0980. The molecule has 0 aliphatic carbocycles. The highest BCUT2D eigenvalue weighted by atomic mass is 16.5. The molecule has 7 heteroatoms. The van der Waals surface area contributed by atoms with Crippen LogP contribution in [-0.4, -0.2) is 42.2 Å². The lowest BCUT2D eigenvalue weighted by Crippen LogP contribution is -2.36. The smallest absolute Gasteiger partial charge is 0.322 e. The van der Waals surface area contributed by atoms with Gasteiger partial charge in [0.2, 0.25) is 5.91 Å². The topological polar surface area (TPSA) is 90.9 Å². The van der Waals surface area contributed by atoms with E-state index in [4.69, 9.17) is 4.74 Å². The van der Waals surface area contributed by atoms with Crippen molar-refractivity contribution in [1.82, 2.24) is 4.90 Å². The fourth-order valence-electron chi connectivity index (χ4n) is 2.69. The van der Waals surface area contributed by atoms with E-state index in [1.807, 2.05) is 37.3 Å². The third-order valence-corrected chi connectivity index (χ3v) is 4.29. The van der Waals surface area contributed by atoms with Crippen LogP contribution in [-0.2, 0) is 11.3 Å². The summed E-state index contributed by atoms with van der Waals surface area (Å²) < 4.78 is 5.34. The van der Waals surface area contributed by atoms with Gasteiger partial charge >= 0.3 is 6.03 Å². The molecule has 0 fully saturated rings. The van der Waals surface area contributed by atoms with Gasteiger partial charge in [-0.2, -0.15) is 0 Å². The second-order valence-corrected chi connectivity index (χ2v) is 6.32. The van der Waals surface area contributed by atoms with Crippen LogP contribution in [0.2, 0.25) is 0 Å². The predicted molar refractivity (Wildman–Crippen MR) is 110 cm³/mol. The molecule has 2 aromatic rings. The van der Waals surface area contributed by atoms with Crippen LogP contribution in [0.3, 0.4) is 0 Å². The predicted octanol–water partition coefficient (Wildman–Crippen LogP) is 3.38. The van der Waals surface area contributed by atoms with Crippen LogP contribution >= 0.6 is 0 Å². The number of para-hydroxylation sites is 1. The quantitative estimate of drug-likeness (QED) is 0.650. The number of hydrogen-bond donors (Lipinski definition) is 3. The van der Waals surface area contributed by atoms with Crippen molar-refractivity contribution in [2.24, 2.45) is 0 Å². The number of hydrogen-bond acceptors (Lipinski definition) is 4. The number of anilines is 2. The van der Waals surface area contributed by atoms with Crippen LogP contribution < -0.4 is 15.4 Å². The summed E-state index contributed by atoms with van der Waals surface area (Å²) in [6.07, 6.45) is 0.374. The number of carbonyl (C=O) groups excluding carboxylic acids is 2. The third kappa shape index (κ3) is 5.72. The molecule has 150 valence electrons. The zero-order valence-corrected chi connectivity index (χ0v) is 16.5. The van der Waals surface area contributed by atoms with E-state index >= 15 is 0 Å². The van der Waals surface area contributed by atoms with Crippen molar-refractivity contribution in [3.63, 3.8) is 0 Å². The van der Waals surface area contributed by atoms with Crippen LogP contribution in [0.15, 0.2) is 42.5 Å². The lowest BCUT2D eigenvalue weighted by atomic mass is 10.1. The lowest BCUT2D eigenvalue weighted by molar-refractivity contribution is -0.115. The van der Waals surface area contributed by atoms with E-state index in [1.165, 1.54) is 4.90 Å². The molecule has 0 aromatic heterocycles. The molecule has 0 radical (unpaired) electrons. The van der Waals surface area contributed by atoms with Crippen LogP contribution in [0.25, 0.3) is 0 Å². The summed E-state index contributed by atoms with van der Waals surface area (Å²) in [5.41, 5.74) is 2.92. The molecular formula is C21H27N3O4. The molecule has 3 N–H and O–H groups in total. The van der Waals surface area contributed by atoms with Gasteiger partial charge in [0.05, 0.1) is 20.3 Å². The molecule has 0 atom stereocenters. The second-order valence-electron chi connectivity index (χ2n) is 6.32. The minimum Gasteiger partial charge on any atom is -0.496 e. The van der Waals surface area contributed by atoms with Gasteiger partial charge < -0.3 is 25.4 Å². The second kappa shape index (κ2) is 10.3. The van der Waals surface area contributed by atoms with Gasteiger partial charge in [0.15, 0.2) is 0 Å². The first-order chi connectivity index (χ1) is 13.5. The summed E-state index contributed by atoms with van der Waals surface area (Å²) in [4.78, 5) is 25.9. The zero-order valence-electron chi connectivity index (χ0n) is 16.5. The van der Waals surface area contributed by atoms with E-state index in [2.05, 4.69) is 10.6 Å². The molecule has 0 unspecified atom stereocenters. The SMILES string of the molecule is CCC(=O)Nc1ccc(C)c(NC(=O)N(CCO)Cc2ccccc2OC)c1. The number of ether oxygens (including phenoxy) is 1. The van der Waals surface area contributed by atoms with Crippen molar-refractivity contribution in [3.8, 4) is 5.75 Å². The molecule has 0 bridgehead atoms. The summed E-state index contributed by atoms with van der Waals surface area (Å²) in [5.74, 6) is 0.581. The van der Waals surface area contributed by atoms with Crippen molar-refractivity contribution in [3.05, 3.63) is 53.6 Å². The molecule has 0 saturated heterocycles. The molecule has 0 aliphatic heterocycles. The molecule has 0 spiro atoms. The van der Waals surface area contributed by atoms with Gasteiger partial charge in [0, 0.05) is 29.9 Å². The normalized spacial score (nSPS) is 10.3. The summed E-state index contributed by atoms with van der Waals surface area (Å²) in [5, 5.41) is 15.0. The van der Waals surface area contributed by atoms with Crippen LogP contribution in [0, 0.1) is 6.92 Å². The number of aliphatic hydroxyl groups excluding tert-OH is 1. The van der Waals surface area contributed by atoms with Gasteiger partial charge in [0.1, 0.15) is 5.75 Å². The molecule has 2 rings (SSSR count). The monoisotopic (exact) mass is 385 g/mol. The summed E-state index contributed by atoms with van der Waals surface area (Å²) >= 11 is 0.